The molecule has 1 aliphatic rings. The molecular weight excluding hydrogens is 299 g/mol. The number of aliphatic hydroxyl groups is 1. The Labute approximate surface area is 128 Å². The maximum Gasteiger partial charge on any atom is 0.256 e. The number of hydrogen-bond acceptors (Lipinski definition) is 3. The van der Waals surface area contributed by atoms with E-state index < -0.39 is 5.60 Å². The van der Waals surface area contributed by atoms with Crippen molar-refractivity contribution in [2.45, 2.75) is 12.0 Å². The lowest BCUT2D eigenvalue weighted by Gasteiger charge is -2.26. The third kappa shape index (κ3) is 3.26. The van der Waals surface area contributed by atoms with Crippen LogP contribution in [0.25, 0.3) is 0 Å². The van der Waals surface area contributed by atoms with Gasteiger partial charge in [-0.05, 0) is 32.6 Å². The standard InChI is InChI=1S/C14H18Cl2N2O2/c1-17(2)8-14(20)6-7-18(9-14)13(19)12-10(15)4-3-5-11(12)16/h3-5,20H,6-9H2,1-2H3. The lowest BCUT2D eigenvalue weighted by atomic mass is 10.0. The average Bonchev–Trinajstić information content (AvgIpc) is 2.70. The first-order valence-corrected chi connectivity index (χ1v) is 7.18. The highest BCUT2D eigenvalue weighted by Gasteiger charge is 2.39. The minimum absolute atomic E-state index is 0.227. The average molecular weight is 317 g/mol. The third-order valence-electron chi connectivity index (χ3n) is 3.41. The predicted octanol–water partition coefficient (Wildman–Crippen LogP) is 2.13. The maximum absolute atomic E-state index is 12.5. The first-order valence-electron chi connectivity index (χ1n) is 6.43. The molecule has 1 unspecified atom stereocenters. The van der Waals surface area contributed by atoms with Crippen LogP contribution in [0.2, 0.25) is 10.0 Å². The van der Waals surface area contributed by atoms with E-state index in [2.05, 4.69) is 0 Å². The van der Waals surface area contributed by atoms with Crippen LogP contribution in [0, 0.1) is 0 Å². The Morgan fingerprint density at radius 1 is 1.40 bits per heavy atom. The molecule has 0 spiro atoms. The Morgan fingerprint density at radius 2 is 2.00 bits per heavy atom. The van der Waals surface area contributed by atoms with Crippen molar-refractivity contribution in [3.05, 3.63) is 33.8 Å². The van der Waals surface area contributed by atoms with Crippen LogP contribution in [0.3, 0.4) is 0 Å². The quantitative estimate of drug-likeness (QED) is 0.929. The maximum atomic E-state index is 12.5. The molecule has 20 heavy (non-hydrogen) atoms. The van der Waals surface area contributed by atoms with Crippen molar-refractivity contribution < 1.29 is 9.90 Å². The van der Waals surface area contributed by atoms with E-state index >= 15 is 0 Å². The normalized spacial score (nSPS) is 22.6. The Kier molecular flexibility index (Phi) is 4.59. The highest BCUT2D eigenvalue weighted by atomic mass is 35.5. The zero-order chi connectivity index (χ0) is 14.9. The number of benzene rings is 1. The van der Waals surface area contributed by atoms with Crippen molar-refractivity contribution in [1.82, 2.24) is 9.80 Å². The summed E-state index contributed by atoms with van der Waals surface area (Å²) in [6.45, 7) is 1.32. The van der Waals surface area contributed by atoms with Crippen molar-refractivity contribution in [3.63, 3.8) is 0 Å². The number of carbonyl (C=O) groups is 1. The van der Waals surface area contributed by atoms with E-state index in [4.69, 9.17) is 23.2 Å². The molecule has 1 aromatic carbocycles. The number of β-amino-alcohol motifs (C(OH)–C–C–N with tert-alkyl or cyclic N) is 1. The van der Waals surface area contributed by atoms with Gasteiger partial charge in [-0.25, -0.2) is 0 Å². The van der Waals surface area contributed by atoms with E-state index in [9.17, 15) is 9.90 Å². The summed E-state index contributed by atoms with van der Waals surface area (Å²) in [5, 5.41) is 11.1. The molecule has 0 aliphatic carbocycles. The highest BCUT2D eigenvalue weighted by Crippen LogP contribution is 2.29. The molecule has 2 rings (SSSR count). The summed E-state index contributed by atoms with van der Waals surface area (Å²) >= 11 is 12.1. The van der Waals surface area contributed by atoms with Gasteiger partial charge in [0.25, 0.3) is 5.91 Å². The van der Waals surface area contributed by atoms with E-state index in [0.717, 1.165) is 0 Å². The highest BCUT2D eigenvalue weighted by molar-refractivity contribution is 6.39. The van der Waals surface area contributed by atoms with Crippen LogP contribution >= 0.6 is 23.2 Å². The molecular formula is C14H18Cl2N2O2. The van der Waals surface area contributed by atoms with Gasteiger partial charge in [-0.2, -0.15) is 0 Å². The van der Waals surface area contributed by atoms with Gasteiger partial charge in [0.2, 0.25) is 0 Å². The smallest absolute Gasteiger partial charge is 0.256 e. The zero-order valence-corrected chi connectivity index (χ0v) is 13.1. The monoisotopic (exact) mass is 316 g/mol. The molecule has 6 heteroatoms. The second-order valence-corrected chi connectivity index (χ2v) is 6.35. The van der Waals surface area contributed by atoms with Crippen molar-refractivity contribution in [1.29, 1.82) is 0 Å². The lowest BCUT2D eigenvalue weighted by molar-refractivity contribution is 0.0236. The van der Waals surface area contributed by atoms with Crippen molar-refractivity contribution in [2.75, 3.05) is 33.7 Å². The predicted molar refractivity (Wildman–Crippen MR) is 80.5 cm³/mol. The van der Waals surface area contributed by atoms with Gasteiger partial charge in [0.1, 0.15) is 0 Å². The minimum Gasteiger partial charge on any atom is -0.387 e. The SMILES string of the molecule is CN(C)CC1(O)CCN(C(=O)c2c(Cl)cccc2Cl)C1. The molecule has 0 aromatic heterocycles. The Bertz CT molecular complexity index is 502. The van der Waals surface area contributed by atoms with Crippen molar-refractivity contribution in [3.8, 4) is 0 Å². The molecule has 4 nitrogen and oxygen atoms in total. The summed E-state index contributed by atoms with van der Waals surface area (Å²) in [7, 11) is 3.79. The number of nitrogens with zero attached hydrogens (tertiary/aromatic N) is 2. The van der Waals surface area contributed by atoms with E-state index in [1.54, 1.807) is 23.1 Å². The number of amides is 1. The summed E-state index contributed by atoms with van der Waals surface area (Å²) in [4.78, 5) is 16.0. The molecule has 1 N–H and O–H groups in total. The first-order chi connectivity index (χ1) is 9.32. The fourth-order valence-electron chi connectivity index (χ4n) is 2.61. The lowest BCUT2D eigenvalue weighted by Crippen LogP contribution is -2.43. The second-order valence-electron chi connectivity index (χ2n) is 5.54. The van der Waals surface area contributed by atoms with E-state index in [0.29, 0.717) is 41.7 Å². The Balaban J connectivity index is 2.16. The van der Waals surface area contributed by atoms with Gasteiger partial charge in [-0.3, -0.25) is 4.79 Å². The number of likely N-dealkylation sites (tertiary alicyclic amines) is 1. The van der Waals surface area contributed by atoms with Gasteiger partial charge in [-0.1, -0.05) is 29.3 Å². The zero-order valence-electron chi connectivity index (χ0n) is 11.6. The first kappa shape index (κ1) is 15.6. The topological polar surface area (TPSA) is 43.8 Å². The fraction of sp³-hybridized carbons (Fsp3) is 0.500. The number of likely N-dealkylation sites (N-methyl/N-ethyl adjacent to an activating group) is 1. The van der Waals surface area contributed by atoms with E-state index in [-0.39, 0.29) is 5.91 Å². The van der Waals surface area contributed by atoms with Gasteiger partial charge in [0, 0.05) is 13.1 Å². The van der Waals surface area contributed by atoms with Gasteiger partial charge in [0.15, 0.2) is 0 Å². The largest absolute Gasteiger partial charge is 0.387 e. The molecule has 1 fully saturated rings. The van der Waals surface area contributed by atoms with Crippen LogP contribution < -0.4 is 0 Å². The number of halogens is 2. The molecule has 1 saturated heterocycles. The summed E-state index contributed by atoms with van der Waals surface area (Å²) in [6.07, 6.45) is 0.555. The van der Waals surface area contributed by atoms with Crippen molar-refractivity contribution in [2.24, 2.45) is 0 Å². The van der Waals surface area contributed by atoms with Crippen molar-refractivity contribution >= 4 is 29.1 Å². The summed E-state index contributed by atoms with van der Waals surface area (Å²) in [6, 6.07) is 4.99. The van der Waals surface area contributed by atoms with E-state index in [1.807, 2.05) is 19.0 Å². The molecule has 1 amide bonds. The van der Waals surface area contributed by atoms with Crippen LogP contribution in [0.1, 0.15) is 16.8 Å². The summed E-state index contributed by atoms with van der Waals surface area (Å²) in [5.41, 5.74) is -0.558. The van der Waals surface area contributed by atoms with Gasteiger partial charge in [0.05, 0.1) is 27.8 Å². The van der Waals surface area contributed by atoms with Crippen LogP contribution in [0.5, 0.6) is 0 Å². The number of carbonyl (C=O) groups excluding carboxylic acids is 1. The summed E-state index contributed by atoms with van der Waals surface area (Å²) in [5.74, 6) is -0.227. The molecule has 0 radical (unpaired) electrons. The molecule has 0 saturated carbocycles. The van der Waals surface area contributed by atoms with Crippen LogP contribution in [0.4, 0.5) is 0 Å². The molecule has 1 atom stereocenters. The van der Waals surface area contributed by atoms with Gasteiger partial charge < -0.3 is 14.9 Å². The summed E-state index contributed by atoms with van der Waals surface area (Å²) < 4.78 is 0. The molecule has 1 aliphatic heterocycles. The number of hydrogen-bond donors (Lipinski definition) is 1. The molecule has 1 heterocycles. The van der Waals surface area contributed by atoms with Crippen LogP contribution in [0.15, 0.2) is 18.2 Å². The second kappa shape index (κ2) is 5.90. The third-order valence-corrected chi connectivity index (χ3v) is 4.04. The van der Waals surface area contributed by atoms with Crippen LogP contribution in [-0.4, -0.2) is 60.1 Å². The number of rotatable bonds is 3. The van der Waals surface area contributed by atoms with Gasteiger partial charge >= 0.3 is 0 Å². The Hall–Kier alpha value is -0.810. The fourth-order valence-corrected chi connectivity index (χ4v) is 3.17. The Morgan fingerprint density at radius 3 is 2.55 bits per heavy atom. The van der Waals surface area contributed by atoms with Gasteiger partial charge in [-0.15, -0.1) is 0 Å². The molecule has 110 valence electrons. The van der Waals surface area contributed by atoms with Crippen LogP contribution in [-0.2, 0) is 0 Å². The minimum atomic E-state index is -0.868. The molecule has 0 bridgehead atoms. The molecule has 1 aromatic rings. The van der Waals surface area contributed by atoms with E-state index in [1.165, 1.54) is 0 Å².